The Morgan fingerprint density at radius 2 is 1.73 bits per heavy atom. The van der Waals surface area contributed by atoms with E-state index in [1.54, 1.807) is 6.21 Å². The number of nitrogens with one attached hydrogen (secondary N) is 2. The van der Waals surface area contributed by atoms with Gasteiger partial charge in [0.15, 0.2) is 5.69 Å². The van der Waals surface area contributed by atoms with Crippen LogP contribution in [0.15, 0.2) is 88.1 Å². The molecule has 4 aromatic rings. The average Bonchev–Trinajstić information content (AvgIpc) is 3.07. The number of aryl methyl sites for hydroxylation is 1. The molecule has 0 aliphatic rings. The van der Waals surface area contributed by atoms with E-state index in [4.69, 9.17) is 12.2 Å². The highest BCUT2D eigenvalue weighted by atomic mass is 32.1. The maximum Gasteiger partial charge on any atom is 0.234 e. The maximum absolute atomic E-state index is 10.1. The van der Waals surface area contributed by atoms with E-state index in [1.165, 1.54) is 0 Å². The van der Waals surface area contributed by atoms with Gasteiger partial charge in [0, 0.05) is 5.39 Å². The Balaban J connectivity index is 1.40. The van der Waals surface area contributed by atoms with E-state index >= 15 is 0 Å². The van der Waals surface area contributed by atoms with Crippen molar-refractivity contribution in [1.29, 1.82) is 0 Å². The van der Waals surface area contributed by atoms with Crippen LogP contribution in [0.25, 0.3) is 22.0 Å². The van der Waals surface area contributed by atoms with Crippen LogP contribution in [-0.2, 0) is 0 Å². The number of thiocarbonyl (C=S) groups is 1. The number of nitrogens with zero attached hydrogens (tertiary/aromatic N) is 3. The molecule has 0 saturated heterocycles. The fourth-order valence-electron chi connectivity index (χ4n) is 3.05. The quantitative estimate of drug-likeness (QED) is 0.170. The number of aromatic nitrogens is 1. The van der Waals surface area contributed by atoms with Gasteiger partial charge in [-0.1, -0.05) is 66.2 Å². The third kappa shape index (κ3) is 4.42. The molecule has 1 aromatic heterocycles. The van der Waals surface area contributed by atoms with Gasteiger partial charge in [-0.25, -0.2) is 0 Å². The Labute approximate surface area is 179 Å². The monoisotopic (exact) mass is 413 g/mol. The fraction of sp³-hybridized carbons (Fsp3) is 0.0435. The molecule has 6 nitrogen and oxygen atoms in total. The van der Waals surface area contributed by atoms with Crippen molar-refractivity contribution in [2.75, 3.05) is 0 Å². The third-order valence-electron chi connectivity index (χ3n) is 4.54. The van der Waals surface area contributed by atoms with Crippen molar-refractivity contribution in [2.24, 2.45) is 15.3 Å². The van der Waals surface area contributed by atoms with Gasteiger partial charge in [-0.3, -0.25) is 5.43 Å². The summed E-state index contributed by atoms with van der Waals surface area (Å²) < 4.78 is 0. The van der Waals surface area contributed by atoms with E-state index < -0.39 is 0 Å². The van der Waals surface area contributed by atoms with Crippen molar-refractivity contribution >= 4 is 40.1 Å². The van der Waals surface area contributed by atoms with E-state index in [2.05, 4.69) is 37.9 Å². The minimum absolute atomic E-state index is 0.0517. The standard InChI is InChI=1S/C23H19N5OS/c1-15-7-12-20-19(13-15)21(22(29)25-20)26-28-23(30)27-24-14-16-8-10-18(11-9-16)17-5-3-2-4-6-17/h2-14,25,29H,1H3,(H,27,30)/b24-14+,28-26?. The lowest BCUT2D eigenvalue weighted by Gasteiger charge is -2.01. The lowest BCUT2D eigenvalue weighted by Crippen LogP contribution is -2.11. The number of H-pyrrole nitrogens is 1. The number of rotatable bonds is 4. The summed E-state index contributed by atoms with van der Waals surface area (Å²) in [5.41, 5.74) is 8.07. The third-order valence-corrected chi connectivity index (χ3v) is 4.71. The van der Waals surface area contributed by atoms with E-state index in [9.17, 15) is 5.11 Å². The average molecular weight is 414 g/mol. The largest absolute Gasteiger partial charge is 0.493 e. The van der Waals surface area contributed by atoms with Crippen molar-refractivity contribution in [3.63, 3.8) is 0 Å². The van der Waals surface area contributed by atoms with Crippen molar-refractivity contribution in [3.05, 3.63) is 83.9 Å². The summed E-state index contributed by atoms with van der Waals surface area (Å²) in [6, 6.07) is 24.0. The zero-order valence-electron chi connectivity index (χ0n) is 16.2. The predicted molar refractivity (Wildman–Crippen MR) is 124 cm³/mol. The highest BCUT2D eigenvalue weighted by Crippen LogP contribution is 2.35. The number of hydrazone groups is 1. The molecule has 0 unspecified atom stereocenters. The van der Waals surface area contributed by atoms with Gasteiger partial charge in [-0.05, 0) is 48.0 Å². The second-order valence-corrected chi connectivity index (χ2v) is 7.12. The molecule has 0 aliphatic heterocycles. The van der Waals surface area contributed by atoms with Gasteiger partial charge >= 0.3 is 0 Å². The molecule has 1 heterocycles. The first-order valence-electron chi connectivity index (χ1n) is 9.32. The number of hydrogen-bond acceptors (Lipinski definition) is 4. The number of hydrogen-bond donors (Lipinski definition) is 3. The summed E-state index contributed by atoms with van der Waals surface area (Å²) >= 11 is 5.14. The van der Waals surface area contributed by atoms with Gasteiger partial charge in [0.2, 0.25) is 11.0 Å². The fourth-order valence-corrected chi connectivity index (χ4v) is 3.14. The first-order chi connectivity index (χ1) is 14.6. The summed E-state index contributed by atoms with van der Waals surface area (Å²) in [5, 5.41) is 23.1. The Kier molecular flexibility index (Phi) is 5.63. The second-order valence-electron chi connectivity index (χ2n) is 6.73. The van der Waals surface area contributed by atoms with E-state index in [0.29, 0.717) is 5.69 Å². The van der Waals surface area contributed by atoms with Gasteiger partial charge in [-0.2, -0.15) is 5.10 Å². The van der Waals surface area contributed by atoms with Crippen LogP contribution < -0.4 is 5.43 Å². The molecular weight excluding hydrogens is 394 g/mol. The minimum atomic E-state index is -0.0517. The summed E-state index contributed by atoms with van der Waals surface area (Å²) in [4.78, 5) is 2.87. The molecule has 30 heavy (non-hydrogen) atoms. The summed E-state index contributed by atoms with van der Waals surface area (Å²) in [5.74, 6) is -0.0517. The van der Waals surface area contributed by atoms with E-state index in [-0.39, 0.29) is 11.0 Å². The summed E-state index contributed by atoms with van der Waals surface area (Å²) in [6.45, 7) is 1.97. The molecule has 0 amide bonds. The van der Waals surface area contributed by atoms with Crippen LogP contribution in [-0.4, -0.2) is 21.4 Å². The molecule has 4 rings (SSSR count). The highest BCUT2D eigenvalue weighted by Gasteiger charge is 2.10. The Morgan fingerprint density at radius 1 is 1.00 bits per heavy atom. The molecule has 0 bridgehead atoms. The SMILES string of the molecule is Cc1ccc2[nH]c(O)c(N=NC(=S)N/N=C/c3ccc(-c4ccccc4)cc3)c2c1. The zero-order chi connectivity index (χ0) is 20.9. The van der Waals surface area contributed by atoms with Gasteiger partial charge in [0.1, 0.15) is 0 Å². The second kappa shape index (κ2) is 8.67. The van der Waals surface area contributed by atoms with E-state index in [0.717, 1.165) is 33.2 Å². The molecular formula is C23H19N5OS. The van der Waals surface area contributed by atoms with Crippen molar-refractivity contribution in [1.82, 2.24) is 10.4 Å². The molecule has 3 N–H and O–H groups in total. The Morgan fingerprint density at radius 3 is 2.50 bits per heavy atom. The molecule has 0 fully saturated rings. The number of benzene rings is 3. The molecule has 0 atom stereocenters. The number of azo groups is 1. The molecule has 148 valence electrons. The first-order valence-corrected chi connectivity index (χ1v) is 9.72. The van der Waals surface area contributed by atoms with Crippen molar-refractivity contribution in [2.45, 2.75) is 6.92 Å². The molecule has 0 aliphatic carbocycles. The number of aromatic amines is 1. The molecule has 0 radical (unpaired) electrons. The molecule has 0 saturated carbocycles. The van der Waals surface area contributed by atoms with Gasteiger partial charge in [0.25, 0.3) is 0 Å². The van der Waals surface area contributed by atoms with Crippen LogP contribution >= 0.6 is 12.2 Å². The highest BCUT2D eigenvalue weighted by molar-refractivity contribution is 7.80. The Bertz CT molecular complexity index is 1240. The normalized spacial score (nSPS) is 11.5. The van der Waals surface area contributed by atoms with Gasteiger partial charge < -0.3 is 10.1 Å². The van der Waals surface area contributed by atoms with Crippen LogP contribution in [0.5, 0.6) is 5.88 Å². The van der Waals surface area contributed by atoms with Crippen LogP contribution in [0.2, 0.25) is 0 Å². The maximum atomic E-state index is 10.1. The minimum Gasteiger partial charge on any atom is -0.493 e. The van der Waals surface area contributed by atoms with Gasteiger partial charge in [0.05, 0.1) is 11.7 Å². The summed E-state index contributed by atoms with van der Waals surface area (Å²) in [6.07, 6.45) is 1.66. The van der Waals surface area contributed by atoms with Gasteiger partial charge in [-0.15, -0.1) is 10.2 Å². The van der Waals surface area contributed by atoms with Crippen LogP contribution in [0.4, 0.5) is 5.69 Å². The van der Waals surface area contributed by atoms with Crippen LogP contribution in [0.1, 0.15) is 11.1 Å². The molecule has 7 heteroatoms. The topological polar surface area (TPSA) is 85.1 Å². The van der Waals surface area contributed by atoms with Crippen molar-refractivity contribution < 1.29 is 5.11 Å². The number of aromatic hydroxyl groups is 1. The number of fused-ring (bicyclic) bond motifs is 1. The van der Waals surface area contributed by atoms with E-state index in [1.807, 2.05) is 67.6 Å². The lowest BCUT2D eigenvalue weighted by molar-refractivity contribution is 0.459. The smallest absolute Gasteiger partial charge is 0.234 e. The van der Waals surface area contributed by atoms with Crippen molar-refractivity contribution in [3.8, 4) is 17.0 Å². The zero-order valence-corrected chi connectivity index (χ0v) is 17.0. The molecule has 0 spiro atoms. The lowest BCUT2D eigenvalue weighted by atomic mass is 10.0. The molecule has 3 aromatic carbocycles. The predicted octanol–water partition coefficient (Wildman–Crippen LogP) is 5.84. The van der Waals surface area contributed by atoms with Crippen LogP contribution in [0.3, 0.4) is 0 Å². The summed E-state index contributed by atoms with van der Waals surface area (Å²) in [7, 11) is 0. The first kappa shape index (κ1) is 19.5. The van der Waals surface area contributed by atoms with Crippen LogP contribution in [0, 0.1) is 6.92 Å². The Hall–Kier alpha value is -3.84.